The highest BCUT2D eigenvalue weighted by molar-refractivity contribution is 6.13. The third-order valence-corrected chi connectivity index (χ3v) is 4.48. The summed E-state index contributed by atoms with van der Waals surface area (Å²) in [6.07, 6.45) is 0. The second-order valence-electron chi connectivity index (χ2n) is 5.72. The van der Waals surface area contributed by atoms with E-state index >= 15 is 0 Å². The van der Waals surface area contributed by atoms with Crippen molar-refractivity contribution in [2.45, 2.75) is 12.5 Å². The molecule has 5 nitrogen and oxygen atoms in total. The third kappa shape index (κ3) is 1.60. The first kappa shape index (κ1) is 13.8. The molecule has 1 aliphatic carbocycles. The summed E-state index contributed by atoms with van der Waals surface area (Å²) in [5.41, 5.74) is 1.95. The highest BCUT2D eigenvalue weighted by atomic mass is 19.1. The van der Waals surface area contributed by atoms with Crippen molar-refractivity contribution in [2.75, 3.05) is 7.11 Å². The van der Waals surface area contributed by atoms with Crippen LogP contribution in [-0.2, 0) is 10.3 Å². The summed E-state index contributed by atoms with van der Waals surface area (Å²) in [7, 11) is 1.56. The molecule has 0 radical (unpaired) electrons. The van der Waals surface area contributed by atoms with E-state index in [0.717, 1.165) is 11.1 Å². The number of carbonyl (C=O) groups excluding carboxylic acids is 2. The fourth-order valence-electron chi connectivity index (χ4n) is 3.48. The fourth-order valence-corrected chi connectivity index (χ4v) is 3.48. The maximum Gasteiger partial charge on any atom is 0.322 e. The van der Waals surface area contributed by atoms with E-state index in [1.165, 1.54) is 12.1 Å². The third-order valence-electron chi connectivity index (χ3n) is 4.48. The van der Waals surface area contributed by atoms with Crippen molar-refractivity contribution < 1.29 is 18.7 Å². The summed E-state index contributed by atoms with van der Waals surface area (Å²) in [5, 5.41) is 4.93. The van der Waals surface area contributed by atoms with E-state index in [9.17, 15) is 14.0 Å². The van der Waals surface area contributed by atoms with Crippen molar-refractivity contribution in [3.05, 3.63) is 52.8 Å². The van der Waals surface area contributed by atoms with Gasteiger partial charge in [0.2, 0.25) is 0 Å². The smallest absolute Gasteiger partial charge is 0.322 e. The average Bonchev–Trinajstić information content (AvgIpc) is 2.95. The number of hydrogen-bond donors (Lipinski definition) is 2. The van der Waals surface area contributed by atoms with Crippen LogP contribution in [0.2, 0.25) is 0 Å². The lowest BCUT2D eigenvalue weighted by atomic mass is 9.87. The highest BCUT2D eigenvalue weighted by Gasteiger charge is 2.55. The van der Waals surface area contributed by atoms with Gasteiger partial charge in [-0.2, -0.15) is 0 Å². The quantitative estimate of drug-likeness (QED) is 0.793. The maximum absolute atomic E-state index is 13.8. The average molecular weight is 312 g/mol. The van der Waals surface area contributed by atoms with Crippen LogP contribution in [0.25, 0.3) is 11.1 Å². The van der Waals surface area contributed by atoms with Crippen LogP contribution >= 0.6 is 0 Å². The summed E-state index contributed by atoms with van der Waals surface area (Å²) in [4.78, 5) is 24.3. The van der Waals surface area contributed by atoms with Crippen LogP contribution in [0.4, 0.5) is 9.18 Å². The van der Waals surface area contributed by atoms with Gasteiger partial charge in [-0.25, -0.2) is 9.18 Å². The number of amides is 3. The Hall–Kier alpha value is -2.89. The Bertz CT molecular complexity index is 894. The lowest BCUT2D eigenvalue weighted by molar-refractivity contribution is -0.122. The van der Waals surface area contributed by atoms with Crippen LogP contribution in [0.15, 0.2) is 30.3 Å². The monoisotopic (exact) mass is 312 g/mol. The molecular weight excluding hydrogens is 299 g/mol. The van der Waals surface area contributed by atoms with Gasteiger partial charge in [-0.15, -0.1) is 0 Å². The molecule has 0 bridgehead atoms. The van der Waals surface area contributed by atoms with Crippen molar-refractivity contribution in [1.82, 2.24) is 10.6 Å². The molecule has 3 amide bonds. The summed E-state index contributed by atoms with van der Waals surface area (Å²) < 4.78 is 19.1. The van der Waals surface area contributed by atoms with Gasteiger partial charge in [0.05, 0.1) is 7.11 Å². The fraction of sp³-hybridized carbons (Fsp3) is 0.176. The maximum atomic E-state index is 13.8. The van der Waals surface area contributed by atoms with Gasteiger partial charge in [0.15, 0.2) is 5.54 Å². The number of hydrogen-bond acceptors (Lipinski definition) is 3. The second-order valence-corrected chi connectivity index (χ2v) is 5.72. The van der Waals surface area contributed by atoms with Crippen LogP contribution in [0.3, 0.4) is 0 Å². The molecule has 1 heterocycles. The minimum Gasteiger partial charge on any atom is -0.496 e. The van der Waals surface area contributed by atoms with E-state index in [0.29, 0.717) is 22.4 Å². The van der Waals surface area contributed by atoms with Gasteiger partial charge in [0.25, 0.3) is 5.91 Å². The van der Waals surface area contributed by atoms with Gasteiger partial charge in [0, 0.05) is 5.56 Å². The first-order chi connectivity index (χ1) is 11.0. The molecule has 1 fully saturated rings. The number of fused-ring (bicyclic) bond motifs is 5. The number of aryl methyl sites for hydroxylation is 1. The van der Waals surface area contributed by atoms with E-state index in [2.05, 4.69) is 10.6 Å². The Morgan fingerprint density at radius 2 is 1.83 bits per heavy atom. The van der Waals surface area contributed by atoms with E-state index in [1.54, 1.807) is 19.2 Å². The molecule has 2 aliphatic rings. The lowest BCUT2D eigenvalue weighted by Gasteiger charge is -2.23. The molecule has 2 N–H and O–H groups in total. The van der Waals surface area contributed by atoms with Crippen molar-refractivity contribution in [3.8, 4) is 16.9 Å². The lowest BCUT2D eigenvalue weighted by Crippen LogP contribution is -2.43. The molecule has 1 unspecified atom stereocenters. The van der Waals surface area contributed by atoms with Crippen LogP contribution in [-0.4, -0.2) is 19.0 Å². The number of rotatable bonds is 1. The number of imide groups is 1. The molecule has 116 valence electrons. The van der Waals surface area contributed by atoms with E-state index < -0.39 is 23.3 Å². The number of nitrogens with one attached hydrogen (secondary N) is 2. The van der Waals surface area contributed by atoms with E-state index in [-0.39, 0.29) is 0 Å². The molecule has 1 atom stereocenters. The van der Waals surface area contributed by atoms with Crippen molar-refractivity contribution in [3.63, 3.8) is 0 Å². The largest absolute Gasteiger partial charge is 0.496 e. The Kier molecular flexibility index (Phi) is 2.58. The van der Waals surface area contributed by atoms with Gasteiger partial charge in [0.1, 0.15) is 11.6 Å². The molecule has 6 heteroatoms. The van der Waals surface area contributed by atoms with Crippen molar-refractivity contribution in [1.29, 1.82) is 0 Å². The molecule has 0 aromatic heterocycles. The Labute approximate surface area is 131 Å². The predicted octanol–water partition coefficient (Wildman–Crippen LogP) is 2.21. The van der Waals surface area contributed by atoms with Crippen LogP contribution in [0.5, 0.6) is 5.75 Å². The number of ether oxygens (including phenoxy) is 1. The van der Waals surface area contributed by atoms with E-state index in [1.807, 2.05) is 13.0 Å². The number of urea groups is 1. The van der Waals surface area contributed by atoms with Gasteiger partial charge < -0.3 is 10.1 Å². The first-order valence-electron chi connectivity index (χ1n) is 7.10. The summed E-state index contributed by atoms with van der Waals surface area (Å²) in [6, 6.07) is 7.27. The number of carbonyl (C=O) groups is 2. The summed E-state index contributed by atoms with van der Waals surface area (Å²) in [5.74, 6) is -0.299. The van der Waals surface area contributed by atoms with E-state index in [4.69, 9.17) is 4.74 Å². The number of methoxy groups -OCH3 is 1. The molecule has 4 rings (SSSR count). The molecule has 0 saturated carbocycles. The SMILES string of the molecule is COc1cc2c(cc1C)C1(NC(=O)NC1=O)c1cc(F)ccc1-2. The number of halogens is 1. The van der Waals surface area contributed by atoms with Crippen LogP contribution in [0.1, 0.15) is 16.7 Å². The molecule has 23 heavy (non-hydrogen) atoms. The summed E-state index contributed by atoms with van der Waals surface area (Å²) in [6.45, 7) is 1.85. The topological polar surface area (TPSA) is 67.4 Å². The zero-order valence-corrected chi connectivity index (χ0v) is 12.5. The van der Waals surface area contributed by atoms with Gasteiger partial charge in [-0.1, -0.05) is 6.07 Å². The predicted molar refractivity (Wildman–Crippen MR) is 80.6 cm³/mol. The minimum atomic E-state index is -1.39. The van der Waals surface area contributed by atoms with Crippen LogP contribution < -0.4 is 15.4 Å². The Balaban J connectivity index is 2.11. The van der Waals surface area contributed by atoms with Gasteiger partial charge in [-0.05, 0) is 53.4 Å². The molecule has 1 spiro atoms. The molecule has 2 aromatic carbocycles. The zero-order chi connectivity index (χ0) is 16.4. The van der Waals surface area contributed by atoms with Gasteiger partial charge in [-0.3, -0.25) is 10.1 Å². The summed E-state index contributed by atoms with van der Waals surface area (Å²) >= 11 is 0. The first-order valence-corrected chi connectivity index (χ1v) is 7.10. The Morgan fingerprint density at radius 1 is 1.09 bits per heavy atom. The van der Waals surface area contributed by atoms with Crippen LogP contribution in [0, 0.1) is 12.7 Å². The Morgan fingerprint density at radius 3 is 2.48 bits per heavy atom. The van der Waals surface area contributed by atoms with Gasteiger partial charge >= 0.3 is 6.03 Å². The molecule has 1 saturated heterocycles. The molecule has 1 aliphatic heterocycles. The number of benzene rings is 2. The minimum absolute atomic E-state index is 0.434. The highest BCUT2D eigenvalue weighted by Crippen LogP contribution is 2.50. The second kappa shape index (κ2) is 4.32. The van der Waals surface area contributed by atoms with Crippen molar-refractivity contribution >= 4 is 11.9 Å². The molecule has 2 aromatic rings. The zero-order valence-electron chi connectivity index (χ0n) is 12.5. The van der Waals surface area contributed by atoms with Crippen molar-refractivity contribution in [2.24, 2.45) is 0 Å². The molecular formula is C17H13FN2O3. The standard InChI is InChI=1S/C17H13FN2O3/c1-8-5-12-11(7-14(8)23-2)10-4-3-9(18)6-13(10)17(12)15(21)19-16(22)20-17/h3-7H,1-2H3,(H2,19,20,21,22). The normalized spacial score (nSPS) is 21.0.